The van der Waals surface area contributed by atoms with Gasteiger partial charge in [-0.15, -0.1) is 0 Å². The second-order valence-electron chi connectivity index (χ2n) is 10.6. The molecule has 2 aromatic heterocycles. The van der Waals surface area contributed by atoms with E-state index in [4.69, 9.17) is 8.53 Å². The molecule has 2 nitrogen and oxygen atoms in total. The molecule has 0 N–H and O–H groups in total. The van der Waals surface area contributed by atoms with Crippen molar-refractivity contribution in [2.45, 2.75) is 46.9 Å². The summed E-state index contributed by atoms with van der Waals surface area (Å²) in [6.45, 7) is 9.51. The monoisotopic (exact) mass is 460 g/mol. The van der Waals surface area contributed by atoms with Crippen molar-refractivity contribution in [1.82, 2.24) is 4.98 Å². The second kappa shape index (κ2) is 7.95. The lowest BCUT2D eigenvalue weighted by Gasteiger charge is -2.19. The molecule has 35 heavy (non-hydrogen) atoms. The number of benzene rings is 4. The summed E-state index contributed by atoms with van der Waals surface area (Å²) in [5.41, 5.74) is 3.69. The Kier molecular flexibility index (Phi) is 4.24. The number of aromatic nitrogens is 1. The summed E-state index contributed by atoms with van der Waals surface area (Å²) >= 11 is 0. The van der Waals surface area contributed by atoms with E-state index in [0.717, 1.165) is 43.6 Å². The molecule has 0 aliphatic carbocycles. The minimum atomic E-state index is -1.61. The van der Waals surface area contributed by atoms with Gasteiger partial charge in [0.2, 0.25) is 0 Å². The van der Waals surface area contributed by atoms with Gasteiger partial charge >= 0.3 is 0 Å². The molecule has 0 amide bonds. The number of fused-ring (bicyclic) bond motifs is 6. The molecule has 4 aromatic carbocycles. The number of nitrogens with zero attached hydrogens (tertiary/aromatic N) is 1. The average molecular weight is 461 g/mol. The van der Waals surface area contributed by atoms with Gasteiger partial charge in [0.15, 0.2) is 0 Å². The largest absolute Gasteiger partial charge is 0.455 e. The van der Waals surface area contributed by atoms with Crippen LogP contribution in [0.3, 0.4) is 0 Å². The maximum absolute atomic E-state index is 9.16. The van der Waals surface area contributed by atoms with Crippen LogP contribution in [0.1, 0.15) is 55.8 Å². The maximum atomic E-state index is 9.16. The number of furan rings is 1. The minimum absolute atomic E-state index is 0.611. The van der Waals surface area contributed by atoms with Crippen LogP contribution in [0.4, 0.5) is 0 Å². The molecular formula is C33H31NO. The Morgan fingerprint density at radius 1 is 0.886 bits per heavy atom. The fourth-order valence-electron chi connectivity index (χ4n) is 4.98. The molecule has 6 rings (SSSR count). The second-order valence-corrected chi connectivity index (χ2v) is 10.6. The Balaban J connectivity index is 1.74. The van der Waals surface area contributed by atoms with Crippen molar-refractivity contribution in [1.29, 1.82) is 0 Å². The van der Waals surface area contributed by atoms with Gasteiger partial charge in [-0.05, 0) is 80.7 Å². The van der Waals surface area contributed by atoms with Gasteiger partial charge in [-0.1, -0.05) is 77.1 Å². The van der Waals surface area contributed by atoms with Crippen molar-refractivity contribution in [3.8, 4) is 11.3 Å². The normalized spacial score (nSPS) is 14.5. The number of rotatable bonds is 3. The van der Waals surface area contributed by atoms with E-state index in [1.54, 1.807) is 6.20 Å². The van der Waals surface area contributed by atoms with Gasteiger partial charge in [-0.3, -0.25) is 4.98 Å². The van der Waals surface area contributed by atoms with Gasteiger partial charge in [0.25, 0.3) is 0 Å². The third-order valence-electron chi connectivity index (χ3n) is 6.61. The highest BCUT2D eigenvalue weighted by molar-refractivity contribution is 6.18. The summed E-state index contributed by atoms with van der Waals surface area (Å²) in [5, 5.41) is 6.19. The molecule has 0 fully saturated rings. The van der Waals surface area contributed by atoms with Crippen LogP contribution in [0, 0.1) is 5.41 Å². The highest BCUT2D eigenvalue weighted by atomic mass is 16.3. The highest BCUT2D eigenvalue weighted by Gasteiger charge is 2.21. The Labute approximate surface area is 210 Å². The Hall–Kier alpha value is -3.65. The topological polar surface area (TPSA) is 26.0 Å². The van der Waals surface area contributed by atoms with E-state index in [0.29, 0.717) is 16.8 Å². The van der Waals surface area contributed by atoms with Crippen molar-refractivity contribution in [2.24, 2.45) is 5.41 Å². The zero-order valence-corrected chi connectivity index (χ0v) is 20.9. The summed E-state index contributed by atoms with van der Waals surface area (Å²) in [4.78, 5) is 4.64. The first-order chi connectivity index (χ1) is 17.9. The molecule has 0 atom stereocenters. The number of pyridine rings is 1. The van der Waals surface area contributed by atoms with Gasteiger partial charge < -0.3 is 4.42 Å². The van der Waals surface area contributed by atoms with E-state index in [9.17, 15) is 0 Å². The highest BCUT2D eigenvalue weighted by Crippen LogP contribution is 2.42. The molecule has 6 aromatic rings. The van der Waals surface area contributed by atoms with E-state index >= 15 is 0 Å². The third-order valence-corrected chi connectivity index (χ3v) is 6.61. The zero-order chi connectivity index (χ0) is 27.0. The fourth-order valence-corrected chi connectivity index (χ4v) is 4.98. The molecule has 0 aliphatic heterocycles. The van der Waals surface area contributed by atoms with Crippen LogP contribution in [-0.4, -0.2) is 4.98 Å². The van der Waals surface area contributed by atoms with E-state index in [2.05, 4.69) is 41.4 Å². The summed E-state index contributed by atoms with van der Waals surface area (Å²) in [5.74, 6) is -0.771. The summed E-state index contributed by atoms with van der Waals surface area (Å²) in [6, 6.07) is 24.4. The molecule has 174 valence electrons. The van der Waals surface area contributed by atoms with Crippen molar-refractivity contribution in [3.63, 3.8) is 0 Å². The van der Waals surface area contributed by atoms with Crippen LogP contribution < -0.4 is 0 Å². The van der Waals surface area contributed by atoms with Gasteiger partial charge in [-0.25, -0.2) is 0 Å². The maximum Gasteiger partial charge on any atom is 0.145 e. The van der Waals surface area contributed by atoms with E-state index in [1.165, 1.54) is 5.39 Å². The molecule has 0 spiro atoms. The molecule has 0 radical (unpaired) electrons. The molecule has 0 bridgehead atoms. The molecule has 0 aliphatic rings. The fraction of sp³-hybridized carbons (Fsp3) is 0.242. The van der Waals surface area contributed by atoms with E-state index in [-0.39, 0.29) is 0 Å². The SMILES string of the molecule is [2H]C(C)(C)c1ccnc(-c2ccc(C([2H])([2H])C(C)(C)C)c3c2oc2cc4c(ccc5ccccc54)cc23)c1. The summed E-state index contributed by atoms with van der Waals surface area (Å²) < 4.78 is 33.5. The van der Waals surface area contributed by atoms with Crippen molar-refractivity contribution >= 4 is 43.5 Å². The molecule has 0 unspecified atom stereocenters. The van der Waals surface area contributed by atoms with Crippen LogP contribution in [0.15, 0.2) is 83.4 Å². The average Bonchev–Trinajstić information content (AvgIpc) is 3.24. The van der Waals surface area contributed by atoms with Crippen LogP contribution in [0.5, 0.6) is 0 Å². The molecule has 0 saturated heterocycles. The van der Waals surface area contributed by atoms with Gasteiger partial charge in [0.1, 0.15) is 11.2 Å². The number of hydrogen-bond acceptors (Lipinski definition) is 2. The lowest BCUT2D eigenvalue weighted by Crippen LogP contribution is -2.09. The molecule has 0 saturated carbocycles. The van der Waals surface area contributed by atoms with Gasteiger partial charge in [0, 0.05) is 26.6 Å². The van der Waals surface area contributed by atoms with Crippen LogP contribution in [0.25, 0.3) is 54.7 Å². The van der Waals surface area contributed by atoms with Gasteiger partial charge in [-0.2, -0.15) is 0 Å². The standard InChI is InChI=1S/C33H31NO/c1-20(2)22-14-15-34-29(17-22)26-13-12-24(19-33(3,4)5)31-28-16-23-11-10-21-8-6-7-9-25(21)27(23)18-30(28)35-32(26)31/h6-18,20H,19H2,1-5H3/i19D2,20D. The Morgan fingerprint density at radius 2 is 1.69 bits per heavy atom. The molecule has 2 heterocycles. The van der Waals surface area contributed by atoms with Crippen molar-refractivity contribution in [3.05, 3.63) is 90.1 Å². The van der Waals surface area contributed by atoms with E-state index < -0.39 is 17.7 Å². The molecular weight excluding hydrogens is 426 g/mol. The first-order valence-electron chi connectivity index (χ1n) is 13.6. The predicted octanol–water partition coefficient (Wildman–Crippen LogP) is 9.67. The predicted molar refractivity (Wildman–Crippen MR) is 149 cm³/mol. The lowest BCUT2D eigenvalue weighted by atomic mass is 9.85. The first-order valence-corrected chi connectivity index (χ1v) is 12.1. The van der Waals surface area contributed by atoms with Crippen molar-refractivity contribution < 1.29 is 8.53 Å². The Morgan fingerprint density at radius 3 is 2.49 bits per heavy atom. The smallest absolute Gasteiger partial charge is 0.145 e. The summed E-state index contributed by atoms with van der Waals surface area (Å²) in [7, 11) is 0. The minimum Gasteiger partial charge on any atom is -0.455 e. The summed E-state index contributed by atoms with van der Waals surface area (Å²) in [6.07, 6.45) is 0.121. The van der Waals surface area contributed by atoms with E-state index in [1.807, 2.05) is 71.0 Å². The van der Waals surface area contributed by atoms with Gasteiger partial charge in [0.05, 0.1) is 5.69 Å². The van der Waals surface area contributed by atoms with Crippen LogP contribution in [-0.2, 0) is 6.37 Å². The van der Waals surface area contributed by atoms with Crippen LogP contribution >= 0.6 is 0 Å². The first kappa shape index (κ1) is 18.6. The Bertz CT molecular complexity index is 1870. The number of hydrogen-bond donors (Lipinski definition) is 0. The van der Waals surface area contributed by atoms with Crippen LogP contribution in [0.2, 0.25) is 0 Å². The quantitative estimate of drug-likeness (QED) is 0.246. The molecule has 2 heteroatoms. The third kappa shape index (κ3) is 3.78. The van der Waals surface area contributed by atoms with Crippen molar-refractivity contribution in [2.75, 3.05) is 0 Å². The lowest BCUT2D eigenvalue weighted by molar-refractivity contribution is 0.412. The zero-order valence-electron chi connectivity index (χ0n) is 23.9.